The smallest absolute Gasteiger partial charge is 0.238 e. The summed E-state index contributed by atoms with van der Waals surface area (Å²) in [4.78, 5) is 13.8. The molecule has 1 amide bonds. The normalized spacial score (nSPS) is 20.3. The molecule has 1 atom stereocenters. The summed E-state index contributed by atoms with van der Waals surface area (Å²) in [7, 11) is 0. The van der Waals surface area contributed by atoms with E-state index in [0.717, 1.165) is 31.8 Å². The molecule has 1 aromatic rings. The van der Waals surface area contributed by atoms with Crippen molar-refractivity contribution < 1.29 is 13.6 Å². The van der Waals surface area contributed by atoms with Gasteiger partial charge in [0, 0.05) is 37.4 Å². The third-order valence-electron chi connectivity index (χ3n) is 3.02. The fourth-order valence-corrected chi connectivity index (χ4v) is 2.13. The second-order valence-corrected chi connectivity index (χ2v) is 4.77. The molecule has 19 heavy (non-hydrogen) atoms. The molecule has 0 aromatic heterocycles. The number of benzene rings is 1. The third kappa shape index (κ3) is 3.97. The van der Waals surface area contributed by atoms with Crippen LogP contribution in [0.1, 0.15) is 6.92 Å². The second kappa shape index (κ2) is 6.08. The number of hydrogen-bond donors (Lipinski definition) is 2. The van der Waals surface area contributed by atoms with Gasteiger partial charge in [-0.25, -0.2) is 8.78 Å². The predicted molar refractivity (Wildman–Crippen MR) is 68.9 cm³/mol. The van der Waals surface area contributed by atoms with Crippen LogP contribution >= 0.6 is 0 Å². The van der Waals surface area contributed by atoms with E-state index in [1.54, 1.807) is 0 Å². The van der Waals surface area contributed by atoms with E-state index in [9.17, 15) is 13.6 Å². The van der Waals surface area contributed by atoms with Crippen LogP contribution in [0.15, 0.2) is 18.2 Å². The van der Waals surface area contributed by atoms with Crippen molar-refractivity contribution in [2.45, 2.75) is 13.0 Å². The SMILES string of the molecule is C[C@@H]1CN(CC(=O)Nc2ccc(F)c(F)c2)CCN1. The van der Waals surface area contributed by atoms with Crippen molar-refractivity contribution in [1.29, 1.82) is 0 Å². The van der Waals surface area contributed by atoms with Crippen LogP contribution in [-0.4, -0.2) is 43.0 Å². The second-order valence-electron chi connectivity index (χ2n) is 4.77. The zero-order valence-corrected chi connectivity index (χ0v) is 10.7. The molecule has 1 aliphatic rings. The first-order chi connectivity index (χ1) is 9.04. The van der Waals surface area contributed by atoms with Crippen LogP contribution in [0.2, 0.25) is 0 Å². The summed E-state index contributed by atoms with van der Waals surface area (Å²) in [5.41, 5.74) is 0.270. The summed E-state index contributed by atoms with van der Waals surface area (Å²) in [6.07, 6.45) is 0. The van der Waals surface area contributed by atoms with E-state index in [0.29, 0.717) is 6.04 Å². The maximum Gasteiger partial charge on any atom is 0.238 e. The Hall–Kier alpha value is -1.53. The number of amides is 1. The highest BCUT2D eigenvalue weighted by atomic mass is 19.2. The molecule has 104 valence electrons. The van der Waals surface area contributed by atoms with Crippen molar-refractivity contribution in [3.05, 3.63) is 29.8 Å². The highest BCUT2D eigenvalue weighted by Gasteiger charge is 2.18. The molecular weight excluding hydrogens is 252 g/mol. The van der Waals surface area contributed by atoms with Gasteiger partial charge in [-0.05, 0) is 19.1 Å². The lowest BCUT2D eigenvalue weighted by molar-refractivity contribution is -0.117. The van der Waals surface area contributed by atoms with Crippen LogP contribution in [0, 0.1) is 11.6 Å². The topological polar surface area (TPSA) is 44.4 Å². The molecule has 0 unspecified atom stereocenters. The van der Waals surface area contributed by atoms with Crippen LogP contribution in [0.4, 0.5) is 14.5 Å². The van der Waals surface area contributed by atoms with Gasteiger partial charge < -0.3 is 10.6 Å². The summed E-state index contributed by atoms with van der Waals surface area (Å²) in [6.45, 7) is 4.75. The Morgan fingerprint density at radius 1 is 1.47 bits per heavy atom. The van der Waals surface area contributed by atoms with Crippen LogP contribution in [-0.2, 0) is 4.79 Å². The molecule has 1 saturated heterocycles. The van der Waals surface area contributed by atoms with E-state index in [-0.39, 0.29) is 18.1 Å². The lowest BCUT2D eigenvalue weighted by atomic mass is 10.2. The van der Waals surface area contributed by atoms with Crippen LogP contribution in [0.5, 0.6) is 0 Å². The van der Waals surface area contributed by atoms with E-state index in [1.807, 2.05) is 4.90 Å². The van der Waals surface area contributed by atoms with Gasteiger partial charge in [0.25, 0.3) is 0 Å². The van der Waals surface area contributed by atoms with Gasteiger partial charge in [-0.2, -0.15) is 0 Å². The third-order valence-corrected chi connectivity index (χ3v) is 3.02. The lowest BCUT2D eigenvalue weighted by Gasteiger charge is -2.31. The molecule has 2 N–H and O–H groups in total. The standard InChI is InChI=1S/C13H17F2N3O/c1-9-7-18(5-4-16-9)8-13(19)17-10-2-3-11(14)12(15)6-10/h2-3,6,9,16H,4-5,7-8H2,1H3,(H,17,19)/t9-/m1/s1. The number of halogens is 2. The van der Waals surface area contributed by atoms with Crippen molar-refractivity contribution in [3.8, 4) is 0 Å². The van der Waals surface area contributed by atoms with E-state index in [1.165, 1.54) is 6.07 Å². The molecule has 0 radical (unpaired) electrons. The Kier molecular flexibility index (Phi) is 4.44. The molecule has 0 bridgehead atoms. The average molecular weight is 269 g/mol. The molecule has 6 heteroatoms. The number of rotatable bonds is 3. The van der Waals surface area contributed by atoms with Gasteiger partial charge in [0.15, 0.2) is 11.6 Å². The fourth-order valence-electron chi connectivity index (χ4n) is 2.13. The number of piperazine rings is 1. The quantitative estimate of drug-likeness (QED) is 0.866. The van der Waals surface area contributed by atoms with Gasteiger partial charge in [0.2, 0.25) is 5.91 Å². The summed E-state index contributed by atoms with van der Waals surface area (Å²) in [5.74, 6) is -2.11. The minimum absolute atomic E-state index is 0.222. The van der Waals surface area contributed by atoms with Gasteiger partial charge in [-0.15, -0.1) is 0 Å². The van der Waals surface area contributed by atoms with Crippen molar-refractivity contribution in [2.75, 3.05) is 31.5 Å². The Balaban J connectivity index is 1.88. The molecule has 4 nitrogen and oxygen atoms in total. The van der Waals surface area contributed by atoms with Gasteiger partial charge >= 0.3 is 0 Å². The van der Waals surface area contributed by atoms with E-state index in [2.05, 4.69) is 17.6 Å². The monoisotopic (exact) mass is 269 g/mol. The number of anilines is 1. The van der Waals surface area contributed by atoms with Gasteiger partial charge in [0.1, 0.15) is 0 Å². The first-order valence-electron chi connectivity index (χ1n) is 6.25. The first kappa shape index (κ1) is 13.9. The minimum atomic E-state index is -0.964. The van der Waals surface area contributed by atoms with E-state index in [4.69, 9.17) is 0 Å². The van der Waals surface area contributed by atoms with Crippen molar-refractivity contribution in [2.24, 2.45) is 0 Å². The largest absolute Gasteiger partial charge is 0.325 e. The Morgan fingerprint density at radius 3 is 2.95 bits per heavy atom. The zero-order chi connectivity index (χ0) is 13.8. The van der Waals surface area contributed by atoms with Crippen molar-refractivity contribution >= 4 is 11.6 Å². The molecule has 2 rings (SSSR count). The Morgan fingerprint density at radius 2 is 2.26 bits per heavy atom. The van der Waals surface area contributed by atoms with Crippen molar-refractivity contribution in [3.63, 3.8) is 0 Å². The molecule has 1 aromatic carbocycles. The van der Waals surface area contributed by atoms with Gasteiger partial charge in [-0.3, -0.25) is 9.69 Å². The highest BCUT2D eigenvalue weighted by Crippen LogP contribution is 2.13. The molecule has 0 spiro atoms. The maximum absolute atomic E-state index is 13.0. The first-order valence-corrected chi connectivity index (χ1v) is 6.25. The summed E-state index contributed by atoms with van der Waals surface area (Å²) >= 11 is 0. The average Bonchev–Trinajstić information content (AvgIpc) is 2.34. The molecule has 0 saturated carbocycles. The molecule has 0 aliphatic carbocycles. The predicted octanol–water partition coefficient (Wildman–Crippen LogP) is 1.20. The number of carbonyl (C=O) groups is 1. The molecular formula is C13H17F2N3O. The van der Waals surface area contributed by atoms with Gasteiger partial charge in [0.05, 0.1) is 6.54 Å². The maximum atomic E-state index is 13.0. The molecule has 1 aliphatic heterocycles. The summed E-state index contributed by atoms with van der Waals surface area (Å²) in [5, 5.41) is 5.85. The highest BCUT2D eigenvalue weighted by molar-refractivity contribution is 5.92. The van der Waals surface area contributed by atoms with E-state index < -0.39 is 11.6 Å². The Labute approximate surface area is 110 Å². The van der Waals surface area contributed by atoms with Gasteiger partial charge in [-0.1, -0.05) is 0 Å². The summed E-state index contributed by atoms with van der Waals surface area (Å²) < 4.78 is 25.7. The lowest BCUT2D eigenvalue weighted by Crippen LogP contribution is -2.51. The van der Waals surface area contributed by atoms with Crippen LogP contribution < -0.4 is 10.6 Å². The number of carbonyl (C=O) groups excluding carboxylic acids is 1. The Bertz CT molecular complexity index is 467. The number of nitrogens with zero attached hydrogens (tertiary/aromatic N) is 1. The number of hydrogen-bond acceptors (Lipinski definition) is 3. The molecule has 1 fully saturated rings. The van der Waals surface area contributed by atoms with Crippen molar-refractivity contribution in [1.82, 2.24) is 10.2 Å². The fraction of sp³-hybridized carbons (Fsp3) is 0.462. The minimum Gasteiger partial charge on any atom is -0.325 e. The summed E-state index contributed by atoms with van der Waals surface area (Å²) in [6, 6.07) is 3.67. The zero-order valence-electron chi connectivity index (χ0n) is 10.7. The van der Waals surface area contributed by atoms with E-state index >= 15 is 0 Å². The molecule has 1 heterocycles. The number of nitrogens with one attached hydrogen (secondary N) is 2. The van der Waals surface area contributed by atoms with Crippen LogP contribution in [0.3, 0.4) is 0 Å². The van der Waals surface area contributed by atoms with Crippen LogP contribution in [0.25, 0.3) is 0 Å².